The predicted molar refractivity (Wildman–Crippen MR) is 105 cm³/mol. The number of hydrogen-bond donors (Lipinski definition) is 1. The molecule has 4 heterocycles. The lowest BCUT2D eigenvalue weighted by Crippen LogP contribution is -2.38. The maximum Gasteiger partial charge on any atom is 0.490 e. The zero-order valence-electron chi connectivity index (χ0n) is 16.4. The highest BCUT2D eigenvalue weighted by molar-refractivity contribution is 7.10. The molecule has 0 saturated carbocycles. The Bertz CT molecular complexity index is 879. The second-order valence-electron chi connectivity index (χ2n) is 7.36. The van der Waals surface area contributed by atoms with Crippen LogP contribution in [-0.4, -0.2) is 66.0 Å². The molecule has 11 heteroatoms. The number of pyridine rings is 1. The summed E-state index contributed by atoms with van der Waals surface area (Å²) in [5, 5.41) is 9.14. The van der Waals surface area contributed by atoms with Gasteiger partial charge in [-0.3, -0.25) is 4.79 Å². The van der Waals surface area contributed by atoms with Crippen molar-refractivity contribution >= 4 is 23.2 Å². The lowest BCUT2D eigenvalue weighted by atomic mass is 9.82. The van der Waals surface area contributed by atoms with E-state index in [1.165, 1.54) is 0 Å². The minimum absolute atomic E-state index is 0.109. The molecule has 2 aromatic heterocycles. The summed E-state index contributed by atoms with van der Waals surface area (Å²) >= 11 is 1.63. The first-order chi connectivity index (χ1) is 14.7. The SMILES string of the molecule is O=C(Cc1cccs1)N1C[C@@H]2COC[C@]2(COc2ccccn2)C1.O=C(O)C(F)(F)F. The van der Waals surface area contributed by atoms with Crippen molar-refractivity contribution in [2.75, 3.05) is 32.9 Å². The summed E-state index contributed by atoms with van der Waals surface area (Å²) in [6.07, 6.45) is -2.87. The second-order valence-corrected chi connectivity index (χ2v) is 8.40. The van der Waals surface area contributed by atoms with Crippen LogP contribution >= 0.6 is 11.3 Å². The molecule has 4 rings (SSSR count). The number of nitrogens with zero attached hydrogens (tertiary/aromatic N) is 2. The molecule has 1 N–H and O–H groups in total. The van der Waals surface area contributed by atoms with Gasteiger partial charge in [-0.05, 0) is 17.5 Å². The minimum Gasteiger partial charge on any atom is -0.477 e. The van der Waals surface area contributed by atoms with Gasteiger partial charge in [0.25, 0.3) is 0 Å². The molecule has 0 aliphatic carbocycles. The number of carbonyl (C=O) groups is 2. The number of thiophene rings is 1. The Labute approximate surface area is 180 Å². The molecule has 0 spiro atoms. The van der Waals surface area contributed by atoms with Gasteiger partial charge in [-0.15, -0.1) is 11.3 Å². The standard InChI is InChI=1S/C18H20N2O3S.C2HF3O2/c21-17(8-15-4-3-7-24-15)20-9-14-10-22-12-18(14,11-20)13-23-16-5-1-2-6-19-16;3-2(4,5)1(6)7/h1-7,14H,8-13H2;(H,6,7)/t14-,18+;/m1./s1. The Balaban J connectivity index is 0.000000339. The predicted octanol–water partition coefficient (Wildman–Crippen LogP) is 2.87. The number of aliphatic carboxylic acids is 1. The minimum atomic E-state index is -5.08. The Morgan fingerprint density at radius 2 is 2.10 bits per heavy atom. The molecule has 2 atom stereocenters. The number of carboxylic acids is 1. The summed E-state index contributed by atoms with van der Waals surface area (Å²) in [6.45, 7) is 3.35. The van der Waals surface area contributed by atoms with Crippen LogP contribution in [0, 0.1) is 11.3 Å². The molecule has 1 amide bonds. The van der Waals surface area contributed by atoms with Gasteiger partial charge in [-0.25, -0.2) is 9.78 Å². The van der Waals surface area contributed by atoms with Gasteiger partial charge in [-0.1, -0.05) is 12.1 Å². The monoisotopic (exact) mass is 458 g/mol. The molecular weight excluding hydrogens is 437 g/mol. The highest BCUT2D eigenvalue weighted by atomic mass is 32.1. The van der Waals surface area contributed by atoms with Crippen molar-refractivity contribution in [3.63, 3.8) is 0 Å². The third kappa shape index (κ3) is 5.95. The molecule has 0 radical (unpaired) electrons. The number of fused-ring (bicyclic) bond motifs is 1. The maximum absolute atomic E-state index is 12.6. The first kappa shape index (κ1) is 23.0. The van der Waals surface area contributed by atoms with Crippen molar-refractivity contribution < 1.29 is 37.3 Å². The van der Waals surface area contributed by atoms with Crippen molar-refractivity contribution in [2.45, 2.75) is 12.6 Å². The topological polar surface area (TPSA) is 89.0 Å². The number of carboxylic acid groups (broad SMARTS) is 1. The van der Waals surface area contributed by atoms with Crippen LogP contribution in [0.15, 0.2) is 41.9 Å². The first-order valence-electron chi connectivity index (χ1n) is 9.41. The van der Waals surface area contributed by atoms with Crippen molar-refractivity contribution in [2.24, 2.45) is 11.3 Å². The number of amides is 1. The summed E-state index contributed by atoms with van der Waals surface area (Å²) in [5.74, 6) is -1.59. The molecular formula is C20H21F3N2O5S. The third-order valence-corrected chi connectivity index (χ3v) is 6.04. The Morgan fingerprint density at radius 3 is 2.71 bits per heavy atom. The van der Waals surface area contributed by atoms with Gasteiger partial charge in [-0.2, -0.15) is 13.2 Å². The highest BCUT2D eigenvalue weighted by Gasteiger charge is 2.52. The van der Waals surface area contributed by atoms with E-state index in [4.69, 9.17) is 19.4 Å². The molecule has 168 valence electrons. The number of carbonyl (C=O) groups excluding carboxylic acids is 1. The van der Waals surface area contributed by atoms with Crippen LogP contribution in [0.4, 0.5) is 13.2 Å². The first-order valence-corrected chi connectivity index (χ1v) is 10.3. The molecule has 2 aliphatic heterocycles. The molecule has 0 aromatic carbocycles. The van der Waals surface area contributed by atoms with Crippen LogP contribution in [0.2, 0.25) is 0 Å². The van der Waals surface area contributed by atoms with Crippen LogP contribution in [0.5, 0.6) is 5.88 Å². The Hall–Kier alpha value is -2.66. The van der Waals surface area contributed by atoms with Gasteiger partial charge in [0.1, 0.15) is 0 Å². The van der Waals surface area contributed by atoms with E-state index in [1.807, 2.05) is 40.6 Å². The fourth-order valence-electron chi connectivity index (χ4n) is 3.55. The zero-order valence-corrected chi connectivity index (χ0v) is 17.2. The fraction of sp³-hybridized carbons (Fsp3) is 0.450. The summed E-state index contributed by atoms with van der Waals surface area (Å²) in [5.41, 5.74) is -0.109. The molecule has 2 fully saturated rings. The number of alkyl halides is 3. The quantitative estimate of drug-likeness (QED) is 0.741. The van der Waals surface area contributed by atoms with E-state index in [9.17, 15) is 18.0 Å². The fourth-order valence-corrected chi connectivity index (χ4v) is 4.25. The number of aromatic nitrogens is 1. The maximum atomic E-state index is 12.6. The van der Waals surface area contributed by atoms with Gasteiger partial charge < -0.3 is 19.5 Å². The van der Waals surface area contributed by atoms with E-state index in [2.05, 4.69) is 4.98 Å². The lowest BCUT2D eigenvalue weighted by Gasteiger charge is -2.26. The van der Waals surface area contributed by atoms with Gasteiger partial charge >= 0.3 is 12.1 Å². The van der Waals surface area contributed by atoms with Crippen molar-refractivity contribution in [1.29, 1.82) is 0 Å². The number of likely N-dealkylation sites (tertiary alicyclic amines) is 1. The molecule has 31 heavy (non-hydrogen) atoms. The van der Waals surface area contributed by atoms with Crippen molar-refractivity contribution in [1.82, 2.24) is 9.88 Å². The van der Waals surface area contributed by atoms with Crippen LogP contribution in [-0.2, 0) is 20.7 Å². The number of rotatable bonds is 5. The number of halogens is 3. The lowest BCUT2D eigenvalue weighted by molar-refractivity contribution is -0.192. The highest BCUT2D eigenvalue weighted by Crippen LogP contribution is 2.41. The Kier molecular flexibility index (Phi) is 7.16. The summed E-state index contributed by atoms with van der Waals surface area (Å²) in [7, 11) is 0. The van der Waals surface area contributed by atoms with E-state index < -0.39 is 12.1 Å². The van der Waals surface area contributed by atoms with Crippen LogP contribution in [0.3, 0.4) is 0 Å². The molecule has 0 unspecified atom stereocenters. The average molecular weight is 458 g/mol. The third-order valence-electron chi connectivity index (χ3n) is 5.17. The number of ether oxygens (including phenoxy) is 2. The van der Waals surface area contributed by atoms with Crippen molar-refractivity contribution in [3.05, 3.63) is 46.8 Å². The van der Waals surface area contributed by atoms with Gasteiger partial charge in [0.05, 0.1) is 31.7 Å². The molecule has 7 nitrogen and oxygen atoms in total. The second kappa shape index (κ2) is 9.65. The van der Waals surface area contributed by atoms with E-state index in [1.54, 1.807) is 17.5 Å². The van der Waals surface area contributed by atoms with Crippen LogP contribution in [0.25, 0.3) is 0 Å². The number of hydrogen-bond acceptors (Lipinski definition) is 6. The molecule has 0 bridgehead atoms. The normalized spacial score (nSPS) is 22.4. The molecule has 2 saturated heterocycles. The zero-order chi connectivity index (χ0) is 22.5. The van der Waals surface area contributed by atoms with Gasteiger partial charge in [0.2, 0.25) is 11.8 Å². The average Bonchev–Trinajstić information content (AvgIpc) is 3.43. The van der Waals surface area contributed by atoms with Crippen LogP contribution in [0.1, 0.15) is 4.88 Å². The van der Waals surface area contributed by atoms with Gasteiger partial charge in [0, 0.05) is 36.1 Å². The smallest absolute Gasteiger partial charge is 0.477 e. The van der Waals surface area contributed by atoms with Crippen LogP contribution < -0.4 is 4.74 Å². The summed E-state index contributed by atoms with van der Waals surface area (Å²) in [6, 6.07) is 9.64. The van der Waals surface area contributed by atoms with E-state index >= 15 is 0 Å². The Morgan fingerprint density at radius 1 is 1.32 bits per heavy atom. The van der Waals surface area contributed by atoms with E-state index in [0.717, 1.165) is 11.4 Å². The van der Waals surface area contributed by atoms with E-state index in [-0.39, 0.29) is 11.3 Å². The largest absolute Gasteiger partial charge is 0.490 e. The van der Waals surface area contributed by atoms with E-state index in [0.29, 0.717) is 44.6 Å². The summed E-state index contributed by atoms with van der Waals surface area (Å²) in [4.78, 5) is 28.8. The summed E-state index contributed by atoms with van der Waals surface area (Å²) < 4.78 is 43.3. The molecule has 2 aromatic rings. The molecule has 2 aliphatic rings. The van der Waals surface area contributed by atoms with Gasteiger partial charge in [0.15, 0.2) is 0 Å². The van der Waals surface area contributed by atoms with Crippen molar-refractivity contribution in [3.8, 4) is 5.88 Å².